The Kier molecular flexibility index (Phi) is 5.90. The molecular weight excluding hydrogens is 270 g/mol. The molecule has 1 atom stereocenters. The van der Waals surface area contributed by atoms with E-state index in [1.54, 1.807) is 37.1 Å². The molecule has 0 fully saturated rings. The Morgan fingerprint density at radius 2 is 2.22 bits per heavy atom. The van der Waals surface area contributed by atoms with Crippen LogP contribution in [0, 0.1) is 0 Å². The number of sulfonamides is 1. The Morgan fingerprint density at radius 1 is 1.50 bits per heavy atom. The lowest BCUT2D eigenvalue weighted by Crippen LogP contribution is -2.33. The fourth-order valence-corrected chi connectivity index (χ4v) is 3.51. The van der Waals surface area contributed by atoms with Gasteiger partial charge in [0.2, 0.25) is 10.0 Å². The van der Waals surface area contributed by atoms with Crippen LogP contribution in [0.3, 0.4) is 0 Å². The van der Waals surface area contributed by atoms with E-state index in [9.17, 15) is 8.42 Å². The quantitative estimate of drug-likeness (QED) is 0.797. The van der Waals surface area contributed by atoms with Gasteiger partial charge in [0.1, 0.15) is 10.7 Å². The second kappa shape index (κ2) is 6.96. The first kappa shape index (κ1) is 15.3. The normalized spacial score (nSPS) is 13.3. The Hall–Kier alpha value is -0.790. The number of thioether (sulfide) groups is 1. The van der Waals surface area contributed by atoms with Crippen LogP contribution in [0.2, 0.25) is 0 Å². The first-order valence-electron chi connectivity index (χ1n) is 5.65. The van der Waals surface area contributed by atoms with Crippen LogP contribution in [0.1, 0.15) is 13.3 Å². The zero-order chi connectivity index (χ0) is 13.6. The molecule has 18 heavy (non-hydrogen) atoms. The summed E-state index contributed by atoms with van der Waals surface area (Å²) < 4.78 is 27.0. The smallest absolute Gasteiger partial charge is 0.244 e. The van der Waals surface area contributed by atoms with Crippen molar-refractivity contribution in [3.05, 3.63) is 18.3 Å². The van der Waals surface area contributed by atoms with Crippen molar-refractivity contribution >= 4 is 27.6 Å². The van der Waals surface area contributed by atoms with Gasteiger partial charge >= 0.3 is 0 Å². The molecule has 0 aliphatic rings. The number of nitrogens with zero attached hydrogens (tertiary/aromatic N) is 1. The lowest BCUT2D eigenvalue weighted by Gasteiger charge is -2.15. The molecule has 1 unspecified atom stereocenters. The molecule has 0 saturated heterocycles. The van der Waals surface area contributed by atoms with Crippen LogP contribution < -0.4 is 10.0 Å². The van der Waals surface area contributed by atoms with Crippen molar-refractivity contribution in [1.82, 2.24) is 9.71 Å². The van der Waals surface area contributed by atoms with Crippen LogP contribution in [0.25, 0.3) is 0 Å². The molecule has 1 aromatic heterocycles. The number of hydrogen-bond donors (Lipinski definition) is 2. The molecule has 0 saturated carbocycles. The van der Waals surface area contributed by atoms with Gasteiger partial charge in [-0.25, -0.2) is 18.1 Å². The van der Waals surface area contributed by atoms with E-state index >= 15 is 0 Å². The monoisotopic (exact) mass is 289 g/mol. The van der Waals surface area contributed by atoms with Crippen molar-refractivity contribution in [3.8, 4) is 0 Å². The van der Waals surface area contributed by atoms with E-state index in [4.69, 9.17) is 0 Å². The molecule has 0 radical (unpaired) electrons. The molecule has 2 N–H and O–H groups in total. The molecule has 0 aliphatic carbocycles. The summed E-state index contributed by atoms with van der Waals surface area (Å²) in [4.78, 5) is 4.18. The molecule has 7 heteroatoms. The van der Waals surface area contributed by atoms with Crippen molar-refractivity contribution in [1.29, 1.82) is 0 Å². The van der Waals surface area contributed by atoms with Crippen LogP contribution in [0.5, 0.6) is 0 Å². The SMILES string of the molecule is CNc1ncccc1S(=O)(=O)NC(C)CCSC. The molecule has 1 heterocycles. The Balaban J connectivity index is 2.86. The van der Waals surface area contributed by atoms with Crippen molar-refractivity contribution in [2.45, 2.75) is 24.3 Å². The van der Waals surface area contributed by atoms with E-state index in [1.807, 2.05) is 13.2 Å². The van der Waals surface area contributed by atoms with Gasteiger partial charge in [-0.2, -0.15) is 11.8 Å². The van der Waals surface area contributed by atoms with Gasteiger partial charge in [-0.3, -0.25) is 0 Å². The average molecular weight is 289 g/mol. The fraction of sp³-hybridized carbons (Fsp3) is 0.545. The minimum absolute atomic E-state index is 0.0904. The second-order valence-corrected chi connectivity index (χ2v) is 6.57. The van der Waals surface area contributed by atoms with Gasteiger partial charge in [0.25, 0.3) is 0 Å². The third-order valence-corrected chi connectivity index (χ3v) is 4.67. The van der Waals surface area contributed by atoms with Gasteiger partial charge < -0.3 is 5.32 Å². The molecule has 0 spiro atoms. The van der Waals surface area contributed by atoms with E-state index < -0.39 is 10.0 Å². The van der Waals surface area contributed by atoms with Crippen molar-refractivity contribution in [2.75, 3.05) is 24.4 Å². The van der Waals surface area contributed by atoms with E-state index in [1.165, 1.54) is 0 Å². The van der Waals surface area contributed by atoms with Crippen molar-refractivity contribution in [2.24, 2.45) is 0 Å². The molecule has 102 valence electrons. The molecule has 0 amide bonds. The van der Waals surface area contributed by atoms with Gasteiger partial charge in [0.05, 0.1) is 0 Å². The maximum Gasteiger partial charge on any atom is 0.244 e. The zero-order valence-corrected chi connectivity index (χ0v) is 12.4. The highest BCUT2D eigenvalue weighted by atomic mass is 32.2. The van der Waals surface area contributed by atoms with Crippen LogP contribution >= 0.6 is 11.8 Å². The van der Waals surface area contributed by atoms with Gasteiger partial charge in [0.15, 0.2) is 0 Å². The summed E-state index contributed by atoms with van der Waals surface area (Å²) in [6.45, 7) is 1.86. The van der Waals surface area contributed by atoms with Crippen LogP contribution in [-0.2, 0) is 10.0 Å². The minimum Gasteiger partial charge on any atom is -0.372 e. The second-order valence-electron chi connectivity index (χ2n) is 3.90. The highest BCUT2D eigenvalue weighted by Crippen LogP contribution is 2.17. The summed E-state index contributed by atoms with van der Waals surface area (Å²) in [7, 11) is -1.87. The summed E-state index contributed by atoms with van der Waals surface area (Å²) in [5.74, 6) is 1.29. The molecule has 5 nitrogen and oxygen atoms in total. The third kappa shape index (κ3) is 4.15. The first-order chi connectivity index (χ1) is 8.51. The Bertz CT molecular complexity index is 477. The zero-order valence-electron chi connectivity index (χ0n) is 10.8. The molecule has 0 aromatic carbocycles. The highest BCUT2D eigenvalue weighted by Gasteiger charge is 2.20. The van der Waals surface area contributed by atoms with E-state index in [0.29, 0.717) is 5.82 Å². The minimum atomic E-state index is -3.52. The van der Waals surface area contributed by atoms with E-state index in [2.05, 4.69) is 15.0 Å². The van der Waals surface area contributed by atoms with Crippen LogP contribution in [-0.4, -0.2) is 38.5 Å². The van der Waals surface area contributed by atoms with E-state index in [-0.39, 0.29) is 10.9 Å². The lowest BCUT2D eigenvalue weighted by atomic mass is 10.3. The van der Waals surface area contributed by atoms with Crippen molar-refractivity contribution < 1.29 is 8.42 Å². The topological polar surface area (TPSA) is 71.1 Å². The summed E-state index contributed by atoms with van der Waals surface area (Å²) in [6.07, 6.45) is 4.36. The number of aromatic nitrogens is 1. The number of rotatable bonds is 7. The van der Waals surface area contributed by atoms with Gasteiger partial charge in [-0.1, -0.05) is 0 Å². The summed E-state index contributed by atoms with van der Waals surface area (Å²) >= 11 is 1.70. The fourth-order valence-electron chi connectivity index (χ4n) is 1.48. The Labute approximate surface area is 113 Å². The number of hydrogen-bond acceptors (Lipinski definition) is 5. The summed E-state index contributed by atoms with van der Waals surface area (Å²) in [5.41, 5.74) is 0. The predicted octanol–water partition coefficient (Wildman–Crippen LogP) is 1.54. The number of anilines is 1. The largest absolute Gasteiger partial charge is 0.372 e. The summed E-state index contributed by atoms with van der Waals surface area (Å²) in [6, 6.07) is 3.07. The maximum atomic E-state index is 12.2. The van der Waals surface area contributed by atoms with Crippen LogP contribution in [0.15, 0.2) is 23.2 Å². The molecule has 1 rings (SSSR count). The number of nitrogens with one attached hydrogen (secondary N) is 2. The standard InChI is InChI=1S/C11H19N3O2S2/c1-9(6-8-17-3)14-18(15,16)10-5-4-7-13-11(10)12-2/h4-5,7,9,14H,6,8H2,1-3H3,(H,12,13). The highest BCUT2D eigenvalue weighted by molar-refractivity contribution is 7.98. The lowest BCUT2D eigenvalue weighted by molar-refractivity contribution is 0.557. The van der Waals surface area contributed by atoms with Crippen molar-refractivity contribution in [3.63, 3.8) is 0 Å². The molecule has 0 aliphatic heterocycles. The molecular formula is C11H19N3O2S2. The van der Waals surface area contributed by atoms with Crippen LogP contribution in [0.4, 0.5) is 5.82 Å². The predicted molar refractivity (Wildman–Crippen MR) is 76.6 cm³/mol. The Morgan fingerprint density at radius 3 is 2.83 bits per heavy atom. The average Bonchev–Trinajstić information content (AvgIpc) is 2.35. The van der Waals surface area contributed by atoms with Gasteiger partial charge in [-0.05, 0) is 37.5 Å². The molecule has 0 bridgehead atoms. The number of pyridine rings is 1. The van der Waals surface area contributed by atoms with E-state index in [0.717, 1.165) is 12.2 Å². The first-order valence-corrected chi connectivity index (χ1v) is 8.53. The van der Waals surface area contributed by atoms with Gasteiger partial charge in [0, 0.05) is 19.3 Å². The third-order valence-electron chi connectivity index (χ3n) is 2.41. The maximum absolute atomic E-state index is 12.2. The van der Waals surface area contributed by atoms with Gasteiger partial charge in [-0.15, -0.1) is 0 Å². The summed E-state index contributed by atoms with van der Waals surface area (Å²) in [5, 5.41) is 2.78. The molecule has 1 aromatic rings.